The van der Waals surface area contributed by atoms with Gasteiger partial charge in [-0.3, -0.25) is 0 Å². The lowest BCUT2D eigenvalue weighted by atomic mass is 9.95. The van der Waals surface area contributed by atoms with Crippen molar-refractivity contribution in [1.29, 1.82) is 0 Å². The SMILES string of the molecule is CC(C)C(O)c1cccc(C(O)CCN)c1. The minimum atomic E-state index is -0.538. The van der Waals surface area contributed by atoms with Crippen molar-refractivity contribution in [2.75, 3.05) is 6.54 Å². The molecule has 2 atom stereocenters. The molecule has 1 aromatic rings. The number of aliphatic hydroxyl groups is 2. The zero-order chi connectivity index (χ0) is 12.1. The van der Waals surface area contributed by atoms with E-state index in [2.05, 4.69) is 0 Å². The lowest BCUT2D eigenvalue weighted by molar-refractivity contribution is 0.126. The Hall–Kier alpha value is -0.900. The minimum Gasteiger partial charge on any atom is -0.388 e. The zero-order valence-electron chi connectivity index (χ0n) is 9.93. The molecule has 0 aliphatic rings. The Morgan fingerprint density at radius 2 is 1.81 bits per heavy atom. The quantitative estimate of drug-likeness (QED) is 0.712. The number of hydrogen-bond acceptors (Lipinski definition) is 3. The van der Waals surface area contributed by atoms with Crippen LogP contribution in [0.25, 0.3) is 0 Å². The van der Waals surface area contributed by atoms with E-state index < -0.39 is 12.2 Å². The molecule has 3 heteroatoms. The van der Waals surface area contributed by atoms with Crippen molar-refractivity contribution in [3.05, 3.63) is 35.4 Å². The largest absolute Gasteiger partial charge is 0.388 e. The van der Waals surface area contributed by atoms with Gasteiger partial charge in [-0.05, 0) is 30.0 Å². The van der Waals surface area contributed by atoms with Gasteiger partial charge >= 0.3 is 0 Å². The van der Waals surface area contributed by atoms with Gasteiger partial charge in [-0.2, -0.15) is 0 Å². The van der Waals surface area contributed by atoms with Crippen LogP contribution in [0.15, 0.2) is 24.3 Å². The lowest BCUT2D eigenvalue weighted by Crippen LogP contribution is -2.09. The molecule has 4 N–H and O–H groups in total. The highest BCUT2D eigenvalue weighted by molar-refractivity contribution is 5.27. The molecule has 2 unspecified atom stereocenters. The fraction of sp³-hybridized carbons (Fsp3) is 0.538. The molecule has 0 fully saturated rings. The molecule has 16 heavy (non-hydrogen) atoms. The molecule has 0 aliphatic carbocycles. The molecule has 0 heterocycles. The average molecular weight is 223 g/mol. The van der Waals surface area contributed by atoms with E-state index >= 15 is 0 Å². The molecule has 0 saturated heterocycles. The van der Waals surface area contributed by atoms with Crippen LogP contribution < -0.4 is 5.73 Å². The van der Waals surface area contributed by atoms with E-state index in [0.717, 1.165) is 11.1 Å². The van der Waals surface area contributed by atoms with Crippen LogP contribution in [-0.4, -0.2) is 16.8 Å². The minimum absolute atomic E-state index is 0.168. The maximum Gasteiger partial charge on any atom is 0.0813 e. The van der Waals surface area contributed by atoms with Crippen LogP contribution in [0.1, 0.15) is 43.6 Å². The highest BCUT2D eigenvalue weighted by Crippen LogP contribution is 2.25. The third-order valence-corrected chi connectivity index (χ3v) is 2.71. The van der Waals surface area contributed by atoms with Crippen molar-refractivity contribution >= 4 is 0 Å². The lowest BCUT2D eigenvalue weighted by Gasteiger charge is -2.17. The van der Waals surface area contributed by atoms with Crippen molar-refractivity contribution < 1.29 is 10.2 Å². The molecule has 90 valence electrons. The van der Waals surface area contributed by atoms with Gasteiger partial charge in [-0.1, -0.05) is 38.1 Å². The third kappa shape index (κ3) is 3.30. The molecule has 0 radical (unpaired) electrons. The molecule has 3 nitrogen and oxygen atoms in total. The standard InChI is InChI=1S/C13H21NO2/c1-9(2)13(16)11-5-3-4-10(8-11)12(15)6-7-14/h3-5,8-9,12-13,15-16H,6-7,14H2,1-2H3. The van der Waals surface area contributed by atoms with Crippen LogP contribution in [0.2, 0.25) is 0 Å². The van der Waals surface area contributed by atoms with Crippen LogP contribution in [0.3, 0.4) is 0 Å². The Balaban J connectivity index is 2.86. The van der Waals surface area contributed by atoms with E-state index in [0.29, 0.717) is 13.0 Å². The third-order valence-electron chi connectivity index (χ3n) is 2.71. The van der Waals surface area contributed by atoms with Crippen LogP contribution in [0.4, 0.5) is 0 Å². The highest BCUT2D eigenvalue weighted by atomic mass is 16.3. The van der Waals surface area contributed by atoms with E-state index in [9.17, 15) is 10.2 Å². The van der Waals surface area contributed by atoms with E-state index in [4.69, 9.17) is 5.73 Å². The summed E-state index contributed by atoms with van der Waals surface area (Å²) in [6.07, 6.45) is -0.476. The highest BCUT2D eigenvalue weighted by Gasteiger charge is 2.14. The number of hydrogen-bond donors (Lipinski definition) is 3. The summed E-state index contributed by atoms with van der Waals surface area (Å²) in [6.45, 7) is 4.39. The summed E-state index contributed by atoms with van der Waals surface area (Å²) in [5.74, 6) is 0.168. The van der Waals surface area contributed by atoms with Crippen molar-refractivity contribution in [1.82, 2.24) is 0 Å². The predicted octanol–water partition coefficient (Wildman–Crippen LogP) is 1.76. The fourth-order valence-electron chi connectivity index (χ4n) is 1.66. The second-order valence-corrected chi connectivity index (χ2v) is 4.45. The topological polar surface area (TPSA) is 66.5 Å². The van der Waals surface area contributed by atoms with Gasteiger partial charge in [0.05, 0.1) is 12.2 Å². The molecule has 0 amide bonds. The van der Waals surface area contributed by atoms with Crippen LogP contribution in [0, 0.1) is 5.92 Å². The first-order valence-electron chi connectivity index (χ1n) is 5.72. The summed E-state index contributed by atoms with van der Waals surface area (Å²) >= 11 is 0. The first-order chi connectivity index (χ1) is 7.56. The van der Waals surface area contributed by atoms with E-state index in [1.54, 1.807) is 0 Å². The summed E-state index contributed by atoms with van der Waals surface area (Å²) in [5, 5.41) is 19.7. The normalized spacial score (nSPS) is 15.1. The van der Waals surface area contributed by atoms with Crippen LogP contribution >= 0.6 is 0 Å². The van der Waals surface area contributed by atoms with Crippen molar-refractivity contribution in [3.63, 3.8) is 0 Å². The molecule has 0 bridgehead atoms. The van der Waals surface area contributed by atoms with Crippen molar-refractivity contribution in [3.8, 4) is 0 Å². The Labute approximate surface area is 96.9 Å². The predicted molar refractivity (Wildman–Crippen MR) is 64.9 cm³/mol. The first kappa shape index (κ1) is 13.2. The van der Waals surface area contributed by atoms with Crippen molar-refractivity contribution in [2.45, 2.75) is 32.5 Å². The van der Waals surface area contributed by atoms with Crippen LogP contribution in [0.5, 0.6) is 0 Å². The Bertz CT molecular complexity index is 325. The maximum absolute atomic E-state index is 9.93. The summed E-state index contributed by atoms with van der Waals surface area (Å²) in [4.78, 5) is 0. The van der Waals surface area contributed by atoms with Gasteiger partial charge in [0.1, 0.15) is 0 Å². The fourth-order valence-corrected chi connectivity index (χ4v) is 1.66. The van der Waals surface area contributed by atoms with Crippen LogP contribution in [-0.2, 0) is 0 Å². The molecule has 0 aromatic heterocycles. The van der Waals surface area contributed by atoms with Gasteiger partial charge < -0.3 is 15.9 Å². The zero-order valence-corrected chi connectivity index (χ0v) is 9.93. The van der Waals surface area contributed by atoms with Crippen molar-refractivity contribution in [2.24, 2.45) is 11.7 Å². The summed E-state index contributed by atoms with van der Waals surface area (Å²) in [6, 6.07) is 7.45. The second-order valence-electron chi connectivity index (χ2n) is 4.45. The number of nitrogens with two attached hydrogens (primary N) is 1. The molecule has 0 saturated carbocycles. The van der Waals surface area contributed by atoms with E-state index in [-0.39, 0.29) is 5.92 Å². The maximum atomic E-state index is 9.93. The number of rotatable bonds is 5. The van der Waals surface area contributed by atoms with Gasteiger partial charge in [-0.15, -0.1) is 0 Å². The van der Waals surface area contributed by atoms with Gasteiger partial charge in [0.25, 0.3) is 0 Å². The van der Waals surface area contributed by atoms with E-state index in [1.165, 1.54) is 0 Å². The second kappa shape index (κ2) is 5.99. The molecular formula is C13H21NO2. The number of aliphatic hydroxyl groups excluding tert-OH is 2. The Kier molecular flexibility index (Phi) is 4.93. The van der Waals surface area contributed by atoms with Gasteiger partial charge in [0.15, 0.2) is 0 Å². The van der Waals surface area contributed by atoms with Gasteiger partial charge in [0.2, 0.25) is 0 Å². The molecular weight excluding hydrogens is 202 g/mol. The number of benzene rings is 1. The first-order valence-corrected chi connectivity index (χ1v) is 5.72. The summed E-state index contributed by atoms with van der Waals surface area (Å²) < 4.78 is 0. The van der Waals surface area contributed by atoms with E-state index in [1.807, 2.05) is 38.1 Å². The monoisotopic (exact) mass is 223 g/mol. The van der Waals surface area contributed by atoms with Gasteiger partial charge in [-0.25, -0.2) is 0 Å². The molecule has 0 spiro atoms. The average Bonchev–Trinajstić information content (AvgIpc) is 2.28. The Morgan fingerprint density at radius 1 is 1.19 bits per heavy atom. The molecule has 1 rings (SSSR count). The summed E-state index contributed by atoms with van der Waals surface area (Å²) in [5.41, 5.74) is 7.08. The van der Waals surface area contributed by atoms with Gasteiger partial charge in [0, 0.05) is 0 Å². The summed E-state index contributed by atoms with van der Waals surface area (Å²) in [7, 11) is 0. The Morgan fingerprint density at radius 3 is 2.38 bits per heavy atom. The molecule has 1 aromatic carbocycles. The smallest absolute Gasteiger partial charge is 0.0813 e. The molecule has 0 aliphatic heterocycles.